The second-order valence-corrected chi connectivity index (χ2v) is 5.21. The first-order valence-corrected chi connectivity index (χ1v) is 7.14. The summed E-state index contributed by atoms with van der Waals surface area (Å²) in [5, 5.41) is 4.07. The third kappa shape index (κ3) is 3.48. The van der Waals surface area contributed by atoms with Crippen LogP contribution in [0.1, 0.15) is 24.1 Å². The minimum atomic E-state index is -0.409. The van der Waals surface area contributed by atoms with Crippen LogP contribution in [0.5, 0.6) is 0 Å². The van der Waals surface area contributed by atoms with E-state index < -0.39 is 5.82 Å². The molecule has 0 saturated carbocycles. The van der Waals surface area contributed by atoms with E-state index in [9.17, 15) is 4.39 Å². The molecule has 1 heterocycles. The summed E-state index contributed by atoms with van der Waals surface area (Å²) in [7, 11) is 0. The number of benzene rings is 1. The molecule has 2 rings (SSSR count). The highest BCUT2D eigenvalue weighted by Gasteiger charge is 2.17. The van der Waals surface area contributed by atoms with Gasteiger partial charge in [-0.1, -0.05) is 42.3 Å². The van der Waals surface area contributed by atoms with E-state index >= 15 is 0 Å². The molecule has 1 aromatic carbocycles. The lowest BCUT2D eigenvalue weighted by Gasteiger charge is -2.20. The Morgan fingerprint density at radius 2 is 2.10 bits per heavy atom. The van der Waals surface area contributed by atoms with Crippen molar-refractivity contribution >= 4 is 23.2 Å². The van der Waals surface area contributed by atoms with E-state index in [4.69, 9.17) is 23.2 Å². The van der Waals surface area contributed by atoms with Gasteiger partial charge >= 0.3 is 0 Å². The molecule has 0 saturated heterocycles. The van der Waals surface area contributed by atoms with Crippen molar-refractivity contribution in [1.82, 2.24) is 10.3 Å². The normalized spacial score (nSPS) is 12.4. The monoisotopic (exact) mass is 312 g/mol. The van der Waals surface area contributed by atoms with Gasteiger partial charge in [0.1, 0.15) is 5.82 Å². The molecule has 0 aliphatic carbocycles. The zero-order valence-electron chi connectivity index (χ0n) is 11.0. The molecule has 0 aliphatic heterocycles. The van der Waals surface area contributed by atoms with Crippen molar-refractivity contribution < 1.29 is 4.39 Å². The van der Waals surface area contributed by atoms with Gasteiger partial charge in [-0.3, -0.25) is 4.98 Å². The van der Waals surface area contributed by atoms with Crippen LogP contribution in [0.25, 0.3) is 0 Å². The number of hydrogen-bond acceptors (Lipinski definition) is 2. The molecule has 0 amide bonds. The van der Waals surface area contributed by atoms with Crippen LogP contribution in [0.15, 0.2) is 36.7 Å². The van der Waals surface area contributed by atoms with E-state index in [-0.39, 0.29) is 11.1 Å². The van der Waals surface area contributed by atoms with Gasteiger partial charge in [-0.15, -0.1) is 0 Å². The maximum absolute atomic E-state index is 13.6. The topological polar surface area (TPSA) is 24.9 Å². The molecule has 0 spiro atoms. The Kier molecular flexibility index (Phi) is 5.35. The lowest BCUT2D eigenvalue weighted by atomic mass is 9.99. The third-order valence-electron chi connectivity index (χ3n) is 3.09. The Bertz CT molecular complexity index is 590. The van der Waals surface area contributed by atoms with Crippen LogP contribution in [-0.2, 0) is 6.42 Å². The minimum Gasteiger partial charge on any atom is -0.310 e. The summed E-state index contributed by atoms with van der Waals surface area (Å²) in [6.07, 6.45) is 3.92. The SMILES string of the molecule is CCNC(Cc1ccncc1Cl)c1cccc(F)c1Cl. The van der Waals surface area contributed by atoms with Gasteiger partial charge in [0.15, 0.2) is 0 Å². The van der Waals surface area contributed by atoms with Gasteiger partial charge in [-0.25, -0.2) is 4.39 Å². The molecule has 106 valence electrons. The fourth-order valence-electron chi connectivity index (χ4n) is 2.12. The number of hydrogen-bond donors (Lipinski definition) is 1. The smallest absolute Gasteiger partial charge is 0.142 e. The van der Waals surface area contributed by atoms with Crippen molar-refractivity contribution in [1.29, 1.82) is 0 Å². The maximum Gasteiger partial charge on any atom is 0.142 e. The van der Waals surface area contributed by atoms with Crippen molar-refractivity contribution in [3.05, 3.63) is 63.6 Å². The summed E-state index contributed by atoms with van der Waals surface area (Å²) in [5.41, 5.74) is 1.69. The van der Waals surface area contributed by atoms with E-state index in [2.05, 4.69) is 10.3 Å². The summed E-state index contributed by atoms with van der Waals surface area (Å²) >= 11 is 12.2. The lowest BCUT2D eigenvalue weighted by Crippen LogP contribution is -2.23. The Morgan fingerprint density at radius 3 is 2.80 bits per heavy atom. The zero-order chi connectivity index (χ0) is 14.5. The summed E-state index contributed by atoms with van der Waals surface area (Å²) in [6, 6.07) is 6.61. The Labute approximate surface area is 127 Å². The zero-order valence-corrected chi connectivity index (χ0v) is 12.5. The third-order valence-corrected chi connectivity index (χ3v) is 3.83. The van der Waals surface area contributed by atoms with Crippen molar-refractivity contribution in [3.8, 4) is 0 Å². The standard InChI is InChI=1S/C15H15Cl2FN2/c1-2-20-14(8-10-6-7-19-9-12(10)16)11-4-3-5-13(18)15(11)17/h3-7,9,14,20H,2,8H2,1H3. The highest BCUT2D eigenvalue weighted by molar-refractivity contribution is 6.31. The lowest BCUT2D eigenvalue weighted by molar-refractivity contribution is 0.543. The van der Waals surface area contributed by atoms with Crippen molar-refractivity contribution in [2.45, 2.75) is 19.4 Å². The predicted molar refractivity (Wildman–Crippen MR) is 80.8 cm³/mol. The molecular weight excluding hydrogens is 298 g/mol. The second kappa shape index (κ2) is 7.02. The number of halogens is 3. The van der Waals surface area contributed by atoms with Crippen molar-refractivity contribution in [2.75, 3.05) is 6.54 Å². The Hall–Kier alpha value is -1.16. The van der Waals surface area contributed by atoms with Crippen LogP contribution in [0.4, 0.5) is 4.39 Å². The number of pyridine rings is 1. The van der Waals surface area contributed by atoms with Crippen LogP contribution in [-0.4, -0.2) is 11.5 Å². The van der Waals surface area contributed by atoms with Crippen LogP contribution in [0.3, 0.4) is 0 Å². The second-order valence-electron chi connectivity index (χ2n) is 4.42. The molecule has 2 nitrogen and oxygen atoms in total. The fraction of sp³-hybridized carbons (Fsp3) is 0.267. The van der Waals surface area contributed by atoms with Gasteiger partial charge < -0.3 is 5.32 Å². The molecule has 1 unspecified atom stereocenters. The number of likely N-dealkylation sites (N-methyl/N-ethyl adjacent to an activating group) is 1. The Morgan fingerprint density at radius 1 is 1.30 bits per heavy atom. The van der Waals surface area contributed by atoms with E-state index in [0.29, 0.717) is 11.4 Å². The summed E-state index contributed by atoms with van der Waals surface area (Å²) < 4.78 is 13.6. The van der Waals surface area contributed by atoms with E-state index in [1.807, 2.05) is 19.1 Å². The van der Waals surface area contributed by atoms with Gasteiger partial charge in [0, 0.05) is 18.4 Å². The fourth-order valence-corrected chi connectivity index (χ4v) is 2.57. The maximum atomic E-state index is 13.6. The average molecular weight is 313 g/mol. The van der Waals surface area contributed by atoms with Crippen LogP contribution >= 0.6 is 23.2 Å². The van der Waals surface area contributed by atoms with E-state index in [1.54, 1.807) is 18.5 Å². The van der Waals surface area contributed by atoms with Gasteiger partial charge in [-0.2, -0.15) is 0 Å². The number of nitrogens with zero attached hydrogens (tertiary/aromatic N) is 1. The van der Waals surface area contributed by atoms with E-state index in [0.717, 1.165) is 17.7 Å². The van der Waals surface area contributed by atoms with E-state index in [1.165, 1.54) is 6.07 Å². The average Bonchev–Trinajstić information content (AvgIpc) is 2.44. The number of nitrogens with one attached hydrogen (secondary N) is 1. The van der Waals surface area contributed by atoms with Gasteiger partial charge in [0.2, 0.25) is 0 Å². The first-order chi connectivity index (χ1) is 9.63. The molecule has 1 aromatic heterocycles. The highest BCUT2D eigenvalue weighted by Crippen LogP contribution is 2.29. The first kappa shape index (κ1) is 15.2. The summed E-state index contributed by atoms with van der Waals surface area (Å²) in [5.74, 6) is -0.409. The van der Waals surface area contributed by atoms with Crippen LogP contribution in [0.2, 0.25) is 10.0 Å². The van der Waals surface area contributed by atoms with Gasteiger partial charge in [-0.05, 0) is 36.2 Å². The molecular formula is C15H15Cl2FN2. The molecule has 2 aromatic rings. The molecule has 1 atom stereocenters. The Balaban J connectivity index is 2.32. The quantitative estimate of drug-likeness (QED) is 0.884. The molecule has 20 heavy (non-hydrogen) atoms. The van der Waals surface area contributed by atoms with Gasteiger partial charge in [0.05, 0.1) is 10.0 Å². The molecule has 0 aliphatic rings. The molecule has 1 N–H and O–H groups in total. The molecule has 5 heteroatoms. The first-order valence-electron chi connectivity index (χ1n) is 6.39. The number of aromatic nitrogens is 1. The minimum absolute atomic E-state index is 0.0944. The number of rotatable bonds is 5. The molecule has 0 radical (unpaired) electrons. The predicted octanol–water partition coefficient (Wildman–Crippen LogP) is 4.42. The van der Waals surface area contributed by atoms with Gasteiger partial charge in [0.25, 0.3) is 0 Å². The largest absolute Gasteiger partial charge is 0.310 e. The molecule has 0 fully saturated rings. The summed E-state index contributed by atoms with van der Waals surface area (Å²) in [6.45, 7) is 2.74. The van der Waals surface area contributed by atoms with Crippen LogP contribution in [0, 0.1) is 5.82 Å². The van der Waals surface area contributed by atoms with Crippen molar-refractivity contribution in [2.24, 2.45) is 0 Å². The highest BCUT2D eigenvalue weighted by atomic mass is 35.5. The van der Waals surface area contributed by atoms with Crippen LogP contribution < -0.4 is 5.32 Å². The van der Waals surface area contributed by atoms with Crippen molar-refractivity contribution in [3.63, 3.8) is 0 Å². The molecule has 0 bridgehead atoms. The summed E-state index contributed by atoms with van der Waals surface area (Å²) in [4.78, 5) is 3.96.